The summed E-state index contributed by atoms with van der Waals surface area (Å²) in [5.41, 5.74) is -1.19. The number of rotatable bonds is 3. The van der Waals surface area contributed by atoms with E-state index in [0.717, 1.165) is 17.4 Å². The molecule has 1 saturated heterocycles. The lowest BCUT2D eigenvalue weighted by Gasteiger charge is -2.17. The molecule has 5 nitrogen and oxygen atoms in total. The molecule has 2 aliphatic carbocycles. The smallest absolute Gasteiger partial charge is 0.325 e. The molecule has 4 atom stereocenters. The van der Waals surface area contributed by atoms with Crippen LogP contribution in [0.25, 0.3) is 0 Å². The summed E-state index contributed by atoms with van der Waals surface area (Å²) in [7, 11) is 0. The fraction of sp³-hybridized carbons (Fsp3) is 0.389. The van der Waals surface area contributed by atoms with Gasteiger partial charge in [0.15, 0.2) is 0 Å². The van der Waals surface area contributed by atoms with Crippen LogP contribution in [0.1, 0.15) is 12.0 Å². The number of allylic oxidation sites excluding steroid dienone is 2. The van der Waals surface area contributed by atoms with Crippen LogP contribution >= 0.6 is 11.6 Å². The predicted molar refractivity (Wildman–Crippen MR) is 89.5 cm³/mol. The molecule has 3 amide bonds. The van der Waals surface area contributed by atoms with Crippen LogP contribution < -0.4 is 5.32 Å². The molecule has 1 N–H and O–H groups in total. The van der Waals surface area contributed by atoms with Gasteiger partial charge in [-0.1, -0.05) is 23.8 Å². The predicted octanol–water partition coefficient (Wildman–Crippen LogP) is 3.10. The summed E-state index contributed by atoms with van der Waals surface area (Å²) in [5.74, 6) is -2.31. The van der Waals surface area contributed by atoms with Crippen LogP contribution in [-0.4, -0.2) is 29.2 Å². The lowest BCUT2D eigenvalue weighted by molar-refractivity contribution is -0.143. The third kappa shape index (κ3) is 2.92. The molecule has 1 heterocycles. The first-order valence-corrected chi connectivity index (χ1v) is 8.75. The van der Waals surface area contributed by atoms with E-state index in [1.807, 2.05) is 12.2 Å². The Bertz CT molecular complexity index is 853. The number of carbonyl (C=O) groups excluding carboxylic acids is 3. The number of fused-ring (bicyclic) bond motifs is 5. The lowest BCUT2D eigenvalue weighted by Crippen LogP contribution is -2.39. The summed E-state index contributed by atoms with van der Waals surface area (Å²) in [6.07, 6.45) is -0.0137. The Hall–Kier alpha value is -2.35. The number of amides is 3. The Kier molecular flexibility index (Phi) is 4.06. The molecule has 0 spiro atoms. The van der Waals surface area contributed by atoms with E-state index in [-0.39, 0.29) is 29.3 Å². The molecule has 0 radical (unpaired) electrons. The standard InChI is InChI=1S/C18H14ClF3N2O3/c19-12-4-3-10(6-11(12)18(20,21)22)23-13(25)7-24-16(26)14-8-1-2-9(5-8)15(14)17(24)27/h1-4,6,8-9,14-15H,5,7H2,(H,23,25). The molecule has 1 aromatic rings. The molecule has 1 saturated carbocycles. The summed E-state index contributed by atoms with van der Waals surface area (Å²) in [6.45, 7) is -0.520. The van der Waals surface area contributed by atoms with Crippen LogP contribution in [0.3, 0.4) is 0 Å². The first-order chi connectivity index (χ1) is 12.7. The van der Waals surface area contributed by atoms with Gasteiger partial charge in [-0.15, -0.1) is 0 Å². The Morgan fingerprint density at radius 2 is 1.74 bits per heavy atom. The van der Waals surface area contributed by atoms with Crippen molar-refractivity contribution in [1.82, 2.24) is 4.90 Å². The molecule has 1 aromatic carbocycles. The van der Waals surface area contributed by atoms with Gasteiger partial charge in [-0.3, -0.25) is 19.3 Å². The molecule has 2 bridgehead atoms. The number of imide groups is 1. The molecular formula is C18H14ClF3N2O3. The zero-order valence-corrected chi connectivity index (χ0v) is 14.6. The van der Waals surface area contributed by atoms with Crippen LogP contribution in [0.5, 0.6) is 0 Å². The number of hydrogen-bond donors (Lipinski definition) is 1. The maximum absolute atomic E-state index is 12.9. The largest absolute Gasteiger partial charge is 0.417 e. The minimum atomic E-state index is -4.66. The number of halogens is 4. The van der Waals surface area contributed by atoms with Crippen molar-refractivity contribution in [2.45, 2.75) is 12.6 Å². The molecule has 2 fully saturated rings. The van der Waals surface area contributed by atoms with E-state index in [4.69, 9.17) is 11.6 Å². The number of benzene rings is 1. The number of alkyl halides is 3. The number of nitrogens with one attached hydrogen (secondary N) is 1. The van der Waals surface area contributed by atoms with Crippen molar-refractivity contribution in [3.63, 3.8) is 0 Å². The normalized spacial score (nSPS) is 28.8. The van der Waals surface area contributed by atoms with Gasteiger partial charge in [-0.25, -0.2) is 0 Å². The quantitative estimate of drug-likeness (QED) is 0.628. The molecule has 4 unspecified atom stereocenters. The molecular weight excluding hydrogens is 385 g/mol. The summed E-state index contributed by atoms with van der Waals surface area (Å²) >= 11 is 5.54. The van der Waals surface area contributed by atoms with Crippen molar-refractivity contribution in [1.29, 1.82) is 0 Å². The minimum absolute atomic E-state index is 0.0233. The first-order valence-electron chi connectivity index (χ1n) is 8.37. The third-order valence-corrected chi connectivity index (χ3v) is 5.75. The van der Waals surface area contributed by atoms with Gasteiger partial charge in [-0.05, 0) is 36.5 Å². The van der Waals surface area contributed by atoms with Crippen LogP contribution in [0.2, 0.25) is 5.02 Å². The van der Waals surface area contributed by atoms with Gasteiger partial charge in [0.05, 0.1) is 22.4 Å². The molecule has 3 aliphatic rings. The molecule has 9 heteroatoms. The highest BCUT2D eigenvalue weighted by molar-refractivity contribution is 6.31. The van der Waals surface area contributed by atoms with E-state index in [2.05, 4.69) is 5.32 Å². The Balaban J connectivity index is 1.46. The Labute approximate surface area is 157 Å². The van der Waals surface area contributed by atoms with Gasteiger partial charge in [0.2, 0.25) is 17.7 Å². The van der Waals surface area contributed by atoms with E-state index < -0.39 is 41.1 Å². The average Bonchev–Trinajstić information content (AvgIpc) is 3.25. The third-order valence-electron chi connectivity index (χ3n) is 5.42. The number of likely N-dealkylation sites (tertiary alicyclic amines) is 1. The monoisotopic (exact) mass is 398 g/mol. The van der Waals surface area contributed by atoms with Gasteiger partial charge in [0.1, 0.15) is 6.54 Å². The molecule has 142 valence electrons. The highest BCUT2D eigenvalue weighted by Gasteiger charge is 2.59. The molecule has 1 aliphatic heterocycles. The Morgan fingerprint density at radius 3 is 2.30 bits per heavy atom. The fourth-order valence-electron chi connectivity index (χ4n) is 4.28. The number of hydrogen-bond acceptors (Lipinski definition) is 3. The summed E-state index contributed by atoms with van der Waals surface area (Å²) in [6, 6.07) is 2.97. The van der Waals surface area contributed by atoms with Crippen LogP contribution in [0.4, 0.5) is 18.9 Å². The number of carbonyl (C=O) groups is 3. The van der Waals surface area contributed by atoms with Crippen LogP contribution in [0.15, 0.2) is 30.4 Å². The zero-order chi connectivity index (χ0) is 19.5. The number of nitrogens with zero attached hydrogens (tertiary/aromatic N) is 1. The average molecular weight is 399 g/mol. The minimum Gasteiger partial charge on any atom is -0.325 e. The van der Waals surface area contributed by atoms with E-state index in [0.29, 0.717) is 6.07 Å². The van der Waals surface area contributed by atoms with Crippen molar-refractivity contribution in [2.24, 2.45) is 23.7 Å². The van der Waals surface area contributed by atoms with Crippen LogP contribution in [0, 0.1) is 23.7 Å². The first kappa shape index (κ1) is 18.0. The second kappa shape index (κ2) is 6.09. The molecule has 27 heavy (non-hydrogen) atoms. The van der Waals surface area contributed by atoms with Gasteiger partial charge in [0.25, 0.3) is 0 Å². The lowest BCUT2D eigenvalue weighted by atomic mass is 9.85. The van der Waals surface area contributed by atoms with E-state index in [1.165, 1.54) is 6.07 Å². The number of anilines is 1. The molecule has 0 aromatic heterocycles. The van der Waals surface area contributed by atoms with Crippen molar-refractivity contribution >= 4 is 35.0 Å². The fourth-order valence-corrected chi connectivity index (χ4v) is 4.51. The second-order valence-electron chi connectivity index (χ2n) is 7.00. The maximum Gasteiger partial charge on any atom is 0.417 e. The van der Waals surface area contributed by atoms with Gasteiger partial charge < -0.3 is 5.32 Å². The van der Waals surface area contributed by atoms with E-state index in [9.17, 15) is 27.6 Å². The summed E-state index contributed by atoms with van der Waals surface area (Å²) in [4.78, 5) is 38.2. The Morgan fingerprint density at radius 1 is 1.15 bits per heavy atom. The van der Waals surface area contributed by atoms with Crippen molar-refractivity contribution < 1.29 is 27.6 Å². The van der Waals surface area contributed by atoms with Crippen molar-refractivity contribution in [3.8, 4) is 0 Å². The van der Waals surface area contributed by atoms with Crippen molar-refractivity contribution in [2.75, 3.05) is 11.9 Å². The van der Waals surface area contributed by atoms with Crippen LogP contribution in [-0.2, 0) is 20.6 Å². The molecule has 4 rings (SSSR count). The van der Waals surface area contributed by atoms with Gasteiger partial charge in [-0.2, -0.15) is 13.2 Å². The van der Waals surface area contributed by atoms with E-state index in [1.54, 1.807) is 0 Å². The topological polar surface area (TPSA) is 66.5 Å². The SMILES string of the molecule is O=C(CN1C(=O)C2C3C=CC(C3)C2C1=O)Nc1ccc(Cl)c(C(F)(F)F)c1. The summed E-state index contributed by atoms with van der Waals surface area (Å²) in [5, 5.41) is 1.81. The highest BCUT2D eigenvalue weighted by atomic mass is 35.5. The van der Waals surface area contributed by atoms with Gasteiger partial charge >= 0.3 is 6.18 Å². The van der Waals surface area contributed by atoms with E-state index >= 15 is 0 Å². The maximum atomic E-state index is 12.9. The second-order valence-corrected chi connectivity index (χ2v) is 7.41. The highest BCUT2D eigenvalue weighted by Crippen LogP contribution is 2.52. The van der Waals surface area contributed by atoms with Crippen molar-refractivity contribution in [3.05, 3.63) is 40.9 Å². The van der Waals surface area contributed by atoms with Gasteiger partial charge in [0, 0.05) is 5.69 Å². The zero-order valence-electron chi connectivity index (χ0n) is 13.8. The summed E-state index contributed by atoms with van der Waals surface area (Å²) < 4.78 is 38.7.